The highest BCUT2D eigenvalue weighted by Crippen LogP contribution is 2.30. The first-order valence-corrected chi connectivity index (χ1v) is 4.64. The smallest absolute Gasteiger partial charge is 0.308 e. The molecule has 0 amide bonds. The van der Waals surface area contributed by atoms with E-state index in [2.05, 4.69) is 4.74 Å². The number of hydrogen-bond donors (Lipinski definition) is 0. The highest BCUT2D eigenvalue weighted by Gasteiger charge is 2.26. The summed E-state index contributed by atoms with van der Waals surface area (Å²) in [7, 11) is 0. The number of hydrogen-bond acceptors (Lipinski definition) is 2. The molecule has 15 heavy (non-hydrogen) atoms. The lowest BCUT2D eigenvalue weighted by Gasteiger charge is -2.07. The van der Waals surface area contributed by atoms with Crippen LogP contribution in [0, 0.1) is 26.8 Å². The topological polar surface area (TPSA) is 26.3 Å². The molecule has 0 heterocycles. The first-order chi connectivity index (χ1) is 6.86. The second kappa shape index (κ2) is 4.33. The van der Waals surface area contributed by atoms with E-state index >= 15 is 0 Å². The molecular formula is C8H3F4IO2. The fraction of sp³-hybridized carbons (Fsp3) is 0.125. The lowest BCUT2D eigenvalue weighted by Crippen LogP contribution is -2.09. The van der Waals surface area contributed by atoms with Crippen molar-refractivity contribution in [1.29, 1.82) is 0 Å². The molecule has 0 bridgehead atoms. The SMILES string of the molecule is CC(=O)Oc1c(F)c(F)c(I)c(F)c1F. The van der Waals surface area contributed by atoms with Gasteiger partial charge in [-0.15, -0.1) is 0 Å². The Labute approximate surface area is 95.4 Å². The van der Waals surface area contributed by atoms with E-state index in [-0.39, 0.29) is 0 Å². The number of benzene rings is 1. The van der Waals surface area contributed by atoms with E-state index in [1.165, 1.54) is 0 Å². The van der Waals surface area contributed by atoms with Crippen LogP contribution in [-0.2, 0) is 4.79 Å². The summed E-state index contributed by atoms with van der Waals surface area (Å²) in [4.78, 5) is 10.4. The molecule has 0 aromatic heterocycles. The number of carbonyl (C=O) groups excluding carboxylic acids is 1. The normalized spacial score (nSPS) is 10.3. The van der Waals surface area contributed by atoms with Crippen LogP contribution in [0.15, 0.2) is 0 Å². The van der Waals surface area contributed by atoms with Gasteiger partial charge in [-0.05, 0) is 22.6 Å². The molecule has 7 heteroatoms. The van der Waals surface area contributed by atoms with Gasteiger partial charge in [-0.25, -0.2) is 8.78 Å². The van der Waals surface area contributed by atoms with Crippen LogP contribution in [0.3, 0.4) is 0 Å². The standard InChI is InChI=1S/C8H3F4IO2/c1-2(14)15-8-5(11)3(9)7(13)4(10)6(8)12/h1H3. The van der Waals surface area contributed by atoms with Crippen molar-refractivity contribution < 1.29 is 27.1 Å². The molecule has 0 N–H and O–H groups in total. The van der Waals surface area contributed by atoms with Crippen molar-refractivity contribution in [1.82, 2.24) is 0 Å². The van der Waals surface area contributed by atoms with Gasteiger partial charge in [0.15, 0.2) is 11.6 Å². The van der Waals surface area contributed by atoms with Gasteiger partial charge in [-0.1, -0.05) is 0 Å². The number of halogens is 5. The van der Waals surface area contributed by atoms with Crippen LogP contribution < -0.4 is 4.74 Å². The van der Waals surface area contributed by atoms with E-state index < -0.39 is 38.6 Å². The summed E-state index contributed by atoms with van der Waals surface area (Å²) in [6.45, 7) is 0.854. The van der Waals surface area contributed by atoms with Gasteiger partial charge in [0.25, 0.3) is 0 Å². The average molecular weight is 334 g/mol. The van der Waals surface area contributed by atoms with Crippen LogP contribution in [-0.4, -0.2) is 5.97 Å². The molecule has 0 aliphatic rings. The van der Waals surface area contributed by atoms with Crippen LogP contribution in [0.1, 0.15) is 6.92 Å². The molecule has 1 rings (SSSR count). The molecule has 0 radical (unpaired) electrons. The van der Waals surface area contributed by atoms with Crippen molar-refractivity contribution in [2.45, 2.75) is 6.92 Å². The molecular weight excluding hydrogens is 331 g/mol. The number of carbonyl (C=O) groups is 1. The summed E-state index contributed by atoms with van der Waals surface area (Å²) < 4.78 is 55.0. The summed E-state index contributed by atoms with van der Waals surface area (Å²) >= 11 is 1.10. The Balaban J connectivity index is 3.45. The van der Waals surface area contributed by atoms with E-state index in [1.54, 1.807) is 0 Å². The zero-order valence-electron chi connectivity index (χ0n) is 7.21. The van der Waals surface area contributed by atoms with Gasteiger partial charge in [0, 0.05) is 6.92 Å². The van der Waals surface area contributed by atoms with Crippen molar-refractivity contribution in [2.75, 3.05) is 0 Å². The molecule has 2 nitrogen and oxygen atoms in total. The van der Waals surface area contributed by atoms with Gasteiger partial charge < -0.3 is 4.74 Å². The molecule has 1 aromatic rings. The Bertz CT molecular complexity index is 404. The minimum Gasteiger partial charge on any atom is -0.420 e. The molecule has 0 saturated heterocycles. The first-order valence-electron chi connectivity index (χ1n) is 3.56. The highest BCUT2D eigenvalue weighted by molar-refractivity contribution is 14.1. The third-order valence-corrected chi connectivity index (χ3v) is 2.36. The molecule has 0 aliphatic heterocycles. The minimum absolute atomic E-state index is 0.835. The van der Waals surface area contributed by atoms with E-state index in [1.807, 2.05) is 0 Å². The highest BCUT2D eigenvalue weighted by atomic mass is 127. The fourth-order valence-corrected chi connectivity index (χ4v) is 1.29. The molecule has 0 fully saturated rings. The maximum atomic E-state index is 13.0. The minimum atomic E-state index is -1.73. The summed E-state index contributed by atoms with van der Waals surface area (Å²) in [6, 6.07) is 0. The van der Waals surface area contributed by atoms with Crippen molar-refractivity contribution in [3.63, 3.8) is 0 Å². The predicted molar refractivity (Wildman–Crippen MR) is 50.3 cm³/mol. The molecule has 82 valence electrons. The first kappa shape index (κ1) is 12.2. The van der Waals surface area contributed by atoms with Crippen molar-refractivity contribution in [3.8, 4) is 5.75 Å². The summed E-state index contributed by atoms with van der Waals surface area (Å²) in [5, 5.41) is 0. The van der Waals surface area contributed by atoms with Crippen LogP contribution in [0.4, 0.5) is 17.6 Å². The van der Waals surface area contributed by atoms with E-state index in [4.69, 9.17) is 0 Å². The maximum Gasteiger partial charge on any atom is 0.308 e. The summed E-state index contributed by atoms with van der Waals surface area (Å²) in [6.07, 6.45) is 0. The zero-order valence-corrected chi connectivity index (χ0v) is 9.36. The Morgan fingerprint density at radius 1 is 1.07 bits per heavy atom. The molecule has 0 aliphatic carbocycles. The monoisotopic (exact) mass is 334 g/mol. The van der Waals surface area contributed by atoms with Gasteiger partial charge >= 0.3 is 5.97 Å². The average Bonchev–Trinajstić information content (AvgIpc) is 2.18. The van der Waals surface area contributed by atoms with Gasteiger partial charge in [0.1, 0.15) is 0 Å². The Hall–Kier alpha value is -0.860. The third kappa shape index (κ3) is 2.21. The van der Waals surface area contributed by atoms with Gasteiger partial charge in [-0.3, -0.25) is 4.79 Å². The van der Waals surface area contributed by atoms with Crippen LogP contribution in [0.25, 0.3) is 0 Å². The predicted octanol–water partition coefficient (Wildman–Crippen LogP) is 2.77. The number of rotatable bonds is 1. The second-order valence-electron chi connectivity index (χ2n) is 2.49. The maximum absolute atomic E-state index is 13.0. The quantitative estimate of drug-likeness (QED) is 0.197. The lowest BCUT2D eigenvalue weighted by atomic mass is 10.3. The van der Waals surface area contributed by atoms with Crippen molar-refractivity contribution in [3.05, 3.63) is 26.8 Å². The van der Waals surface area contributed by atoms with Crippen molar-refractivity contribution in [2.24, 2.45) is 0 Å². The summed E-state index contributed by atoms with van der Waals surface area (Å²) in [5.41, 5.74) is 0. The van der Waals surface area contributed by atoms with Crippen LogP contribution in [0.2, 0.25) is 0 Å². The Kier molecular flexibility index (Phi) is 3.53. The second-order valence-corrected chi connectivity index (χ2v) is 3.57. The van der Waals surface area contributed by atoms with E-state index in [9.17, 15) is 22.4 Å². The molecule has 1 aromatic carbocycles. The number of esters is 1. The van der Waals surface area contributed by atoms with Gasteiger partial charge in [0.2, 0.25) is 17.4 Å². The summed E-state index contributed by atoms with van der Waals surface area (Å²) in [5.74, 6) is -9.08. The van der Waals surface area contributed by atoms with Crippen LogP contribution in [0.5, 0.6) is 5.75 Å². The zero-order chi connectivity index (χ0) is 11.7. The lowest BCUT2D eigenvalue weighted by molar-refractivity contribution is -0.132. The Morgan fingerprint density at radius 3 is 1.80 bits per heavy atom. The molecule has 0 saturated carbocycles. The fourth-order valence-electron chi connectivity index (χ4n) is 0.818. The Morgan fingerprint density at radius 2 is 1.47 bits per heavy atom. The van der Waals surface area contributed by atoms with Gasteiger partial charge in [-0.2, -0.15) is 8.78 Å². The number of ether oxygens (including phenoxy) is 1. The molecule has 0 atom stereocenters. The largest absolute Gasteiger partial charge is 0.420 e. The third-order valence-electron chi connectivity index (χ3n) is 1.42. The molecule has 0 spiro atoms. The van der Waals surface area contributed by atoms with Gasteiger partial charge in [0.05, 0.1) is 3.57 Å². The van der Waals surface area contributed by atoms with Crippen molar-refractivity contribution >= 4 is 28.6 Å². The van der Waals surface area contributed by atoms with Crippen LogP contribution >= 0.6 is 22.6 Å². The molecule has 0 unspecified atom stereocenters. The van der Waals surface area contributed by atoms with E-state index in [0.29, 0.717) is 0 Å². The van der Waals surface area contributed by atoms with E-state index in [0.717, 1.165) is 29.5 Å².